The number of hydrogen-bond acceptors (Lipinski definition) is 2. The van der Waals surface area contributed by atoms with E-state index in [-0.39, 0.29) is 0 Å². The molecule has 1 saturated carbocycles. The van der Waals surface area contributed by atoms with Crippen LogP contribution in [-0.4, -0.2) is 11.5 Å². The van der Waals surface area contributed by atoms with Crippen LogP contribution in [0.25, 0.3) is 0 Å². The van der Waals surface area contributed by atoms with E-state index < -0.39 is 0 Å². The molecule has 1 heterocycles. The summed E-state index contributed by atoms with van der Waals surface area (Å²) in [6, 6.07) is 5.69. The molecule has 0 radical (unpaired) electrons. The molecule has 2 rings (SSSR count). The van der Waals surface area contributed by atoms with Gasteiger partial charge in [0.15, 0.2) is 0 Å². The molecule has 1 aromatic heterocycles. The monoisotopic (exact) mass is 238 g/mol. The number of nitrogens with one attached hydrogen (secondary N) is 1. The number of pyridine rings is 1. The quantitative estimate of drug-likeness (QED) is 0.799. The minimum absolute atomic E-state index is 0.558. The van der Waals surface area contributed by atoms with E-state index in [1.165, 1.54) is 38.5 Å². The number of hydrogen-bond donors (Lipinski definition) is 1. The van der Waals surface area contributed by atoms with Crippen LogP contribution in [0, 0.1) is 5.92 Å². The van der Waals surface area contributed by atoms with Gasteiger partial charge in [-0.05, 0) is 24.5 Å². The molecular formula is C13H19ClN2. The lowest BCUT2D eigenvalue weighted by Crippen LogP contribution is -2.12. The Morgan fingerprint density at radius 2 is 2.06 bits per heavy atom. The zero-order valence-electron chi connectivity index (χ0n) is 9.58. The third-order valence-electron chi connectivity index (χ3n) is 3.30. The second kappa shape index (κ2) is 6.09. The summed E-state index contributed by atoms with van der Waals surface area (Å²) in [6.07, 6.45) is 8.34. The van der Waals surface area contributed by atoms with Crippen molar-refractivity contribution in [2.24, 2.45) is 5.92 Å². The molecule has 1 aliphatic rings. The summed E-state index contributed by atoms with van der Waals surface area (Å²) in [5.41, 5.74) is 0. The highest BCUT2D eigenvalue weighted by Crippen LogP contribution is 2.26. The lowest BCUT2D eigenvalue weighted by atomic mass is 9.87. The molecule has 0 bridgehead atoms. The molecular weight excluding hydrogens is 220 g/mol. The van der Waals surface area contributed by atoms with Gasteiger partial charge in [-0.2, -0.15) is 0 Å². The van der Waals surface area contributed by atoms with Gasteiger partial charge in [0, 0.05) is 6.54 Å². The lowest BCUT2D eigenvalue weighted by molar-refractivity contribution is 0.345. The standard InChI is InChI=1S/C13H19ClN2/c14-12-7-4-8-13(16-12)15-10-9-11-5-2-1-3-6-11/h4,7-8,11H,1-3,5-6,9-10H2,(H,15,16). The zero-order chi connectivity index (χ0) is 11.2. The molecule has 0 spiro atoms. The molecule has 0 amide bonds. The number of halogens is 1. The summed E-state index contributed by atoms with van der Waals surface area (Å²) >= 11 is 5.82. The average Bonchev–Trinajstić information content (AvgIpc) is 2.30. The summed E-state index contributed by atoms with van der Waals surface area (Å²) in [7, 11) is 0. The fraction of sp³-hybridized carbons (Fsp3) is 0.615. The first-order valence-electron chi connectivity index (χ1n) is 6.21. The van der Waals surface area contributed by atoms with Crippen LogP contribution >= 0.6 is 11.6 Å². The Hall–Kier alpha value is -0.760. The molecule has 1 aromatic rings. The van der Waals surface area contributed by atoms with Gasteiger partial charge in [-0.25, -0.2) is 4.98 Å². The second-order valence-corrected chi connectivity index (χ2v) is 4.95. The molecule has 1 N–H and O–H groups in total. The van der Waals surface area contributed by atoms with Gasteiger partial charge in [0.25, 0.3) is 0 Å². The van der Waals surface area contributed by atoms with Crippen molar-refractivity contribution in [1.29, 1.82) is 0 Å². The van der Waals surface area contributed by atoms with Crippen LogP contribution in [0.5, 0.6) is 0 Å². The number of aromatic nitrogens is 1. The fourth-order valence-electron chi connectivity index (χ4n) is 2.39. The summed E-state index contributed by atoms with van der Waals surface area (Å²) in [6.45, 7) is 1.01. The van der Waals surface area contributed by atoms with Gasteiger partial charge in [0.2, 0.25) is 0 Å². The van der Waals surface area contributed by atoms with Crippen molar-refractivity contribution in [3.63, 3.8) is 0 Å². The van der Waals surface area contributed by atoms with E-state index in [2.05, 4.69) is 10.3 Å². The van der Waals surface area contributed by atoms with Crippen molar-refractivity contribution in [2.75, 3.05) is 11.9 Å². The molecule has 0 aliphatic heterocycles. The van der Waals surface area contributed by atoms with Crippen LogP contribution in [-0.2, 0) is 0 Å². The summed E-state index contributed by atoms with van der Waals surface area (Å²) in [5, 5.41) is 3.90. The first kappa shape index (κ1) is 11.7. The molecule has 88 valence electrons. The normalized spacial score (nSPS) is 17.3. The van der Waals surface area contributed by atoms with E-state index in [9.17, 15) is 0 Å². The Kier molecular flexibility index (Phi) is 4.46. The smallest absolute Gasteiger partial charge is 0.131 e. The van der Waals surface area contributed by atoms with E-state index in [1.54, 1.807) is 6.07 Å². The lowest BCUT2D eigenvalue weighted by Gasteiger charge is -2.21. The third-order valence-corrected chi connectivity index (χ3v) is 3.51. The zero-order valence-corrected chi connectivity index (χ0v) is 10.3. The van der Waals surface area contributed by atoms with E-state index in [0.29, 0.717) is 5.15 Å². The molecule has 1 fully saturated rings. The van der Waals surface area contributed by atoms with Gasteiger partial charge in [-0.3, -0.25) is 0 Å². The first-order valence-corrected chi connectivity index (χ1v) is 6.59. The SMILES string of the molecule is Clc1cccc(NCCC2CCCCC2)n1. The van der Waals surface area contributed by atoms with Crippen molar-refractivity contribution in [3.05, 3.63) is 23.4 Å². The van der Waals surface area contributed by atoms with Crippen LogP contribution < -0.4 is 5.32 Å². The van der Waals surface area contributed by atoms with Gasteiger partial charge in [-0.15, -0.1) is 0 Å². The minimum Gasteiger partial charge on any atom is -0.370 e. The predicted octanol–water partition coefficient (Wildman–Crippen LogP) is 4.12. The van der Waals surface area contributed by atoms with Crippen LogP contribution in [0.4, 0.5) is 5.82 Å². The van der Waals surface area contributed by atoms with Gasteiger partial charge < -0.3 is 5.32 Å². The Morgan fingerprint density at radius 1 is 1.25 bits per heavy atom. The topological polar surface area (TPSA) is 24.9 Å². The number of rotatable bonds is 4. The minimum atomic E-state index is 0.558. The molecule has 0 unspecified atom stereocenters. The van der Waals surface area contributed by atoms with Gasteiger partial charge in [0.1, 0.15) is 11.0 Å². The van der Waals surface area contributed by atoms with E-state index in [0.717, 1.165) is 18.3 Å². The van der Waals surface area contributed by atoms with Crippen molar-refractivity contribution in [1.82, 2.24) is 4.98 Å². The Morgan fingerprint density at radius 3 is 2.81 bits per heavy atom. The summed E-state index contributed by atoms with van der Waals surface area (Å²) in [4.78, 5) is 4.21. The van der Waals surface area contributed by atoms with Crippen molar-refractivity contribution >= 4 is 17.4 Å². The molecule has 1 aliphatic carbocycles. The van der Waals surface area contributed by atoms with Crippen molar-refractivity contribution in [3.8, 4) is 0 Å². The molecule has 0 atom stereocenters. The number of anilines is 1. The Balaban J connectivity index is 1.71. The maximum Gasteiger partial charge on any atom is 0.131 e. The van der Waals surface area contributed by atoms with Crippen LogP contribution in [0.2, 0.25) is 5.15 Å². The van der Waals surface area contributed by atoms with Crippen molar-refractivity contribution in [2.45, 2.75) is 38.5 Å². The van der Waals surface area contributed by atoms with Crippen LogP contribution in [0.15, 0.2) is 18.2 Å². The molecule has 0 aromatic carbocycles. The molecule has 3 heteroatoms. The Bertz CT molecular complexity index is 321. The van der Waals surface area contributed by atoms with Crippen LogP contribution in [0.3, 0.4) is 0 Å². The number of nitrogens with zero attached hydrogens (tertiary/aromatic N) is 1. The third kappa shape index (κ3) is 3.67. The van der Waals surface area contributed by atoms with Crippen molar-refractivity contribution < 1.29 is 0 Å². The van der Waals surface area contributed by atoms with E-state index in [4.69, 9.17) is 11.6 Å². The molecule has 2 nitrogen and oxygen atoms in total. The summed E-state index contributed by atoms with van der Waals surface area (Å²) in [5.74, 6) is 1.81. The van der Waals surface area contributed by atoms with Gasteiger partial charge in [0.05, 0.1) is 0 Å². The molecule has 16 heavy (non-hydrogen) atoms. The van der Waals surface area contributed by atoms with Crippen LogP contribution in [0.1, 0.15) is 38.5 Å². The fourth-order valence-corrected chi connectivity index (χ4v) is 2.55. The Labute approximate surface area is 102 Å². The predicted molar refractivity (Wildman–Crippen MR) is 68.9 cm³/mol. The van der Waals surface area contributed by atoms with E-state index in [1.807, 2.05) is 12.1 Å². The van der Waals surface area contributed by atoms with Gasteiger partial charge >= 0.3 is 0 Å². The molecule has 0 saturated heterocycles. The summed E-state index contributed by atoms with van der Waals surface area (Å²) < 4.78 is 0. The maximum atomic E-state index is 5.82. The maximum absolute atomic E-state index is 5.82. The second-order valence-electron chi connectivity index (χ2n) is 4.57. The van der Waals surface area contributed by atoms with E-state index >= 15 is 0 Å². The highest BCUT2D eigenvalue weighted by atomic mass is 35.5. The highest BCUT2D eigenvalue weighted by Gasteiger charge is 2.12. The van der Waals surface area contributed by atoms with Gasteiger partial charge in [-0.1, -0.05) is 49.8 Å². The highest BCUT2D eigenvalue weighted by molar-refractivity contribution is 6.29. The first-order chi connectivity index (χ1) is 7.84. The largest absolute Gasteiger partial charge is 0.370 e. The average molecular weight is 239 g/mol.